The molecule has 4 nitrogen and oxygen atoms in total. The van der Waals surface area contributed by atoms with Crippen LogP contribution in [-0.4, -0.2) is 50.2 Å². The van der Waals surface area contributed by atoms with Crippen molar-refractivity contribution in [2.45, 2.75) is 38.1 Å². The van der Waals surface area contributed by atoms with E-state index in [-0.39, 0.29) is 0 Å². The number of fused-ring (bicyclic) bond motifs is 5. The maximum absolute atomic E-state index is 13.0. The summed E-state index contributed by atoms with van der Waals surface area (Å²) >= 11 is 0. The molecule has 0 spiro atoms. The standard InChI is InChI=1S/C17H28N2O2/c1-21-8-7-19(10-13-3-2-6-18-13)17(20)16-14-11-4-5-12(9-11)15(14)16/h11-16,18H,2-10H2,1H3. The second-order valence-electron chi connectivity index (χ2n) is 7.58. The summed E-state index contributed by atoms with van der Waals surface area (Å²) in [7, 11) is 1.72. The van der Waals surface area contributed by atoms with Gasteiger partial charge in [-0.1, -0.05) is 0 Å². The largest absolute Gasteiger partial charge is 0.383 e. The highest BCUT2D eigenvalue weighted by molar-refractivity contribution is 5.83. The summed E-state index contributed by atoms with van der Waals surface area (Å²) in [5.74, 6) is 4.06. The van der Waals surface area contributed by atoms with Crippen LogP contribution < -0.4 is 5.32 Å². The van der Waals surface area contributed by atoms with Crippen LogP contribution in [0.15, 0.2) is 0 Å². The summed E-state index contributed by atoms with van der Waals surface area (Å²) in [6.45, 7) is 3.41. The van der Waals surface area contributed by atoms with Gasteiger partial charge in [0.2, 0.25) is 5.91 Å². The van der Waals surface area contributed by atoms with E-state index < -0.39 is 0 Å². The molecule has 4 fully saturated rings. The molecule has 2 bridgehead atoms. The number of carbonyl (C=O) groups excluding carboxylic acids is 1. The van der Waals surface area contributed by atoms with E-state index in [1.807, 2.05) is 0 Å². The predicted octanol–water partition coefficient (Wildman–Crippen LogP) is 1.51. The summed E-state index contributed by atoms with van der Waals surface area (Å²) in [6, 6.07) is 0.501. The highest BCUT2D eigenvalue weighted by Crippen LogP contribution is 2.69. The SMILES string of the molecule is COCCN(CC1CCCN1)C(=O)C1C2C3CCC(C3)C12. The molecular formula is C17H28N2O2. The Labute approximate surface area is 127 Å². The number of nitrogens with zero attached hydrogens (tertiary/aromatic N) is 1. The van der Waals surface area contributed by atoms with Gasteiger partial charge in [-0.2, -0.15) is 0 Å². The van der Waals surface area contributed by atoms with E-state index in [9.17, 15) is 4.79 Å². The van der Waals surface area contributed by atoms with Gasteiger partial charge in [-0.05, 0) is 62.3 Å². The molecule has 4 heteroatoms. The van der Waals surface area contributed by atoms with Crippen LogP contribution in [0, 0.1) is 29.6 Å². The molecule has 0 aromatic carbocycles. The first-order valence-electron chi connectivity index (χ1n) is 8.80. The Bertz CT molecular complexity index is 392. The predicted molar refractivity (Wildman–Crippen MR) is 80.8 cm³/mol. The van der Waals surface area contributed by atoms with Gasteiger partial charge in [0.25, 0.3) is 0 Å². The lowest BCUT2D eigenvalue weighted by atomic mass is 10.0. The molecule has 1 saturated heterocycles. The zero-order chi connectivity index (χ0) is 14.4. The van der Waals surface area contributed by atoms with Crippen molar-refractivity contribution in [3.63, 3.8) is 0 Å². The molecule has 1 amide bonds. The first kappa shape index (κ1) is 14.0. The summed E-state index contributed by atoms with van der Waals surface area (Å²) in [6.07, 6.45) is 6.65. The van der Waals surface area contributed by atoms with E-state index in [2.05, 4.69) is 10.2 Å². The Kier molecular flexibility index (Phi) is 3.70. The zero-order valence-electron chi connectivity index (χ0n) is 13.1. The molecule has 5 atom stereocenters. The number of ether oxygens (including phenoxy) is 1. The van der Waals surface area contributed by atoms with Crippen LogP contribution in [-0.2, 0) is 9.53 Å². The number of hydrogen-bond acceptors (Lipinski definition) is 3. The Hall–Kier alpha value is -0.610. The highest BCUT2D eigenvalue weighted by Gasteiger charge is 2.67. The van der Waals surface area contributed by atoms with Crippen LogP contribution in [0.3, 0.4) is 0 Å². The van der Waals surface area contributed by atoms with Crippen molar-refractivity contribution in [1.82, 2.24) is 10.2 Å². The Balaban J connectivity index is 1.39. The highest BCUT2D eigenvalue weighted by atomic mass is 16.5. The van der Waals surface area contributed by atoms with Crippen molar-refractivity contribution in [2.75, 3.05) is 33.4 Å². The molecule has 1 N–H and O–H groups in total. The average Bonchev–Trinajstić information content (AvgIpc) is 2.92. The van der Waals surface area contributed by atoms with Gasteiger partial charge in [0.15, 0.2) is 0 Å². The van der Waals surface area contributed by atoms with Gasteiger partial charge in [-0.3, -0.25) is 4.79 Å². The second kappa shape index (κ2) is 5.54. The minimum atomic E-state index is 0.370. The number of rotatable bonds is 6. The normalized spacial score (nSPS) is 43.1. The van der Waals surface area contributed by atoms with Gasteiger partial charge in [0.05, 0.1) is 6.61 Å². The lowest BCUT2D eigenvalue weighted by Crippen LogP contribution is -2.44. The fourth-order valence-electron chi connectivity index (χ4n) is 5.54. The van der Waals surface area contributed by atoms with E-state index in [0.717, 1.165) is 43.3 Å². The van der Waals surface area contributed by atoms with Gasteiger partial charge in [0.1, 0.15) is 0 Å². The van der Waals surface area contributed by atoms with Gasteiger partial charge in [-0.25, -0.2) is 0 Å². The summed E-state index contributed by atoms with van der Waals surface area (Å²) < 4.78 is 5.22. The summed E-state index contributed by atoms with van der Waals surface area (Å²) in [5.41, 5.74) is 0. The fraction of sp³-hybridized carbons (Fsp3) is 0.941. The third kappa shape index (κ3) is 2.40. The topological polar surface area (TPSA) is 41.6 Å². The molecule has 0 aromatic heterocycles. The van der Waals surface area contributed by atoms with Crippen LogP contribution in [0.2, 0.25) is 0 Å². The molecule has 4 aliphatic rings. The molecule has 3 aliphatic carbocycles. The minimum Gasteiger partial charge on any atom is -0.383 e. The third-order valence-corrected chi connectivity index (χ3v) is 6.50. The molecule has 0 aromatic rings. The Morgan fingerprint density at radius 3 is 2.62 bits per heavy atom. The van der Waals surface area contributed by atoms with Crippen molar-refractivity contribution in [1.29, 1.82) is 0 Å². The minimum absolute atomic E-state index is 0.370. The second-order valence-corrected chi connectivity index (χ2v) is 7.58. The van der Waals surface area contributed by atoms with Crippen LogP contribution in [0.5, 0.6) is 0 Å². The molecule has 1 heterocycles. The quantitative estimate of drug-likeness (QED) is 0.807. The number of carbonyl (C=O) groups is 1. The number of nitrogens with one attached hydrogen (secondary N) is 1. The van der Waals surface area contributed by atoms with Crippen LogP contribution >= 0.6 is 0 Å². The molecule has 21 heavy (non-hydrogen) atoms. The van der Waals surface area contributed by atoms with Gasteiger partial charge >= 0.3 is 0 Å². The van der Waals surface area contributed by atoms with E-state index in [1.54, 1.807) is 7.11 Å². The van der Waals surface area contributed by atoms with Crippen molar-refractivity contribution in [3.8, 4) is 0 Å². The average molecular weight is 292 g/mol. The lowest BCUT2D eigenvalue weighted by molar-refractivity contribution is -0.134. The maximum atomic E-state index is 13.0. The monoisotopic (exact) mass is 292 g/mol. The van der Waals surface area contributed by atoms with Crippen molar-refractivity contribution < 1.29 is 9.53 Å². The van der Waals surface area contributed by atoms with Crippen molar-refractivity contribution in [2.24, 2.45) is 29.6 Å². The van der Waals surface area contributed by atoms with Crippen molar-refractivity contribution >= 4 is 5.91 Å². The van der Waals surface area contributed by atoms with E-state index in [4.69, 9.17) is 4.74 Å². The molecule has 3 saturated carbocycles. The molecule has 4 rings (SSSR count). The Morgan fingerprint density at radius 1 is 1.24 bits per heavy atom. The first-order valence-corrected chi connectivity index (χ1v) is 8.80. The van der Waals surface area contributed by atoms with Crippen LogP contribution in [0.25, 0.3) is 0 Å². The number of methoxy groups -OCH3 is 1. The van der Waals surface area contributed by atoms with Crippen LogP contribution in [0.4, 0.5) is 0 Å². The Morgan fingerprint density at radius 2 is 2.00 bits per heavy atom. The number of hydrogen-bond donors (Lipinski definition) is 1. The smallest absolute Gasteiger partial charge is 0.226 e. The van der Waals surface area contributed by atoms with Gasteiger partial charge in [-0.15, -0.1) is 0 Å². The fourth-order valence-corrected chi connectivity index (χ4v) is 5.54. The van der Waals surface area contributed by atoms with Crippen molar-refractivity contribution in [3.05, 3.63) is 0 Å². The first-order chi connectivity index (χ1) is 10.3. The van der Waals surface area contributed by atoms with E-state index in [0.29, 0.717) is 24.5 Å². The summed E-state index contributed by atoms with van der Waals surface area (Å²) in [5, 5.41) is 3.52. The molecule has 0 radical (unpaired) electrons. The summed E-state index contributed by atoms with van der Waals surface area (Å²) in [4.78, 5) is 15.1. The lowest BCUT2D eigenvalue weighted by Gasteiger charge is -2.27. The molecule has 5 unspecified atom stereocenters. The number of amides is 1. The third-order valence-electron chi connectivity index (χ3n) is 6.50. The maximum Gasteiger partial charge on any atom is 0.226 e. The van der Waals surface area contributed by atoms with Gasteiger partial charge < -0.3 is 15.0 Å². The van der Waals surface area contributed by atoms with Crippen LogP contribution in [0.1, 0.15) is 32.1 Å². The van der Waals surface area contributed by atoms with E-state index >= 15 is 0 Å². The molecule has 1 aliphatic heterocycles. The molecule has 118 valence electrons. The molecular weight excluding hydrogens is 264 g/mol. The zero-order valence-corrected chi connectivity index (χ0v) is 13.1. The van der Waals surface area contributed by atoms with E-state index in [1.165, 1.54) is 32.1 Å². The van der Waals surface area contributed by atoms with Gasteiger partial charge in [0, 0.05) is 32.2 Å².